The van der Waals surface area contributed by atoms with Gasteiger partial charge in [0.1, 0.15) is 18.2 Å². The molecule has 0 unspecified atom stereocenters. The van der Waals surface area contributed by atoms with Crippen molar-refractivity contribution in [1.29, 1.82) is 0 Å². The van der Waals surface area contributed by atoms with Gasteiger partial charge in [0.25, 0.3) is 0 Å². The fourth-order valence-corrected chi connectivity index (χ4v) is 2.93. The van der Waals surface area contributed by atoms with E-state index < -0.39 is 11.6 Å². The van der Waals surface area contributed by atoms with E-state index in [0.29, 0.717) is 30.6 Å². The summed E-state index contributed by atoms with van der Waals surface area (Å²) in [5.74, 6) is -0.278. The van der Waals surface area contributed by atoms with Crippen LogP contribution in [0.25, 0.3) is 0 Å². The Morgan fingerprint density at radius 1 is 1.32 bits per heavy atom. The van der Waals surface area contributed by atoms with Crippen LogP contribution in [-0.4, -0.2) is 26.0 Å². The molecule has 4 nitrogen and oxygen atoms in total. The highest BCUT2D eigenvalue weighted by molar-refractivity contribution is 5.88. The summed E-state index contributed by atoms with van der Waals surface area (Å²) < 4.78 is 32.4. The molecule has 1 aliphatic carbocycles. The highest BCUT2D eigenvalue weighted by Crippen LogP contribution is 2.23. The number of nitrogens with zero attached hydrogens (tertiary/aromatic N) is 1. The van der Waals surface area contributed by atoms with Gasteiger partial charge in [0, 0.05) is 36.5 Å². The lowest BCUT2D eigenvalue weighted by atomic mass is 9.89. The molecule has 0 atom stereocenters. The van der Waals surface area contributed by atoms with Crippen molar-refractivity contribution in [2.24, 2.45) is 16.6 Å². The van der Waals surface area contributed by atoms with Crippen molar-refractivity contribution in [3.05, 3.63) is 47.2 Å². The monoisotopic (exact) mass is 351 g/mol. The molecule has 0 amide bonds. The maximum Gasteiger partial charge on any atom is 0.210 e. The van der Waals surface area contributed by atoms with Crippen LogP contribution in [0.2, 0.25) is 0 Å². The molecule has 138 valence electrons. The maximum atomic E-state index is 13.8. The molecule has 0 bridgehead atoms. The molecule has 0 heterocycles. The van der Waals surface area contributed by atoms with Crippen LogP contribution < -0.4 is 11.1 Å². The summed E-state index contributed by atoms with van der Waals surface area (Å²) in [6, 6.07) is 3.44. The minimum absolute atomic E-state index is 0.0149. The van der Waals surface area contributed by atoms with Crippen LogP contribution in [0.15, 0.2) is 35.0 Å². The van der Waals surface area contributed by atoms with Crippen molar-refractivity contribution in [3.63, 3.8) is 0 Å². The number of benzene rings is 1. The molecule has 25 heavy (non-hydrogen) atoms. The fraction of sp³-hybridized carbons (Fsp3) is 0.526. The van der Waals surface area contributed by atoms with E-state index in [1.165, 1.54) is 44.2 Å². The topological polar surface area (TPSA) is 59.6 Å². The average molecular weight is 351 g/mol. The number of ether oxygens (including phenoxy) is 1. The van der Waals surface area contributed by atoms with Crippen molar-refractivity contribution in [2.75, 3.05) is 20.1 Å². The smallest absolute Gasteiger partial charge is 0.210 e. The Hall–Kier alpha value is -1.95. The SMILES string of the molecule is CNCC(N)=CC(=NCC1CCCCC1)OCc1ccc(F)cc1F. The van der Waals surface area contributed by atoms with E-state index in [1.54, 1.807) is 13.1 Å². The van der Waals surface area contributed by atoms with Gasteiger partial charge in [-0.1, -0.05) is 19.3 Å². The first-order valence-electron chi connectivity index (χ1n) is 8.80. The molecular formula is C19H27F2N3O. The number of aliphatic imine (C=N–C) groups is 1. The van der Waals surface area contributed by atoms with Gasteiger partial charge in [-0.2, -0.15) is 0 Å². The second kappa shape index (κ2) is 10.1. The normalized spacial score (nSPS) is 16.9. The molecule has 0 saturated heterocycles. The first kappa shape index (κ1) is 19.4. The molecule has 1 aromatic carbocycles. The first-order chi connectivity index (χ1) is 12.1. The summed E-state index contributed by atoms with van der Waals surface area (Å²) in [6.07, 6.45) is 7.81. The van der Waals surface area contributed by atoms with Crippen molar-refractivity contribution < 1.29 is 13.5 Å². The van der Waals surface area contributed by atoms with Crippen molar-refractivity contribution >= 4 is 5.90 Å². The van der Waals surface area contributed by atoms with Gasteiger partial charge in [-0.05, 0) is 37.9 Å². The number of hydrogen-bond donors (Lipinski definition) is 2. The van der Waals surface area contributed by atoms with Crippen LogP contribution in [0, 0.1) is 17.6 Å². The van der Waals surface area contributed by atoms with Crippen LogP contribution in [0.3, 0.4) is 0 Å². The molecule has 2 rings (SSSR count). The van der Waals surface area contributed by atoms with Crippen LogP contribution in [0.1, 0.15) is 37.7 Å². The second-order valence-corrected chi connectivity index (χ2v) is 6.46. The van der Waals surface area contributed by atoms with Crippen molar-refractivity contribution in [2.45, 2.75) is 38.7 Å². The van der Waals surface area contributed by atoms with E-state index in [9.17, 15) is 8.78 Å². The number of likely N-dealkylation sites (N-methyl/N-ethyl adjacent to an activating group) is 1. The Morgan fingerprint density at radius 2 is 2.08 bits per heavy atom. The molecule has 0 aliphatic heterocycles. The molecule has 1 fully saturated rings. The Kier molecular flexibility index (Phi) is 7.85. The van der Waals surface area contributed by atoms with Gasteiger partial charge < -0.3 is 15.8 Å². The van der Waals surface area contributed by atoms with Crippen LogP contribution >= 0.6 is 0 Å². The number of nitrogens with one attached hydrogen (secondary N) is 1. The summed E-state index contributed by atoms with van der Waals surface area (Å²) in [6.45, 7) is 1.18. The van der Waals surface area contributed by atoms with Gasteiger partial charge >= 0.3 is 0 Å². The third-order valence-electron chi connectivity index (χ3n) is 4.31. The quantitative estimate of drug-likeness (QED) is 0.584. The van der Waals surface area contributed by atoms with Gasteiger partial charge in [-0.3, -0.25) is 4.99 Å². The maximum absolute atomic E-state index is 13.8. The van der Waals surface area contributed by atoms with E-state index in [2.05, 4.69) is 10.3 Å². The Morgan fingerprint density at radius 3 is 2.76 bits per heavy atom. The van der Waals surface area contributed by atoms with Crippen molar-refractivity contribution in [3.8, 4) is 0 Å². The molecule has 1 aromatic rings. The summed E-state index contributed by atoms with van der Waals surface area (Å²) in [4.78, 5) is 4.55. The Labute approximate surface area is 148 Å². The summed E-state index contributed by atoms with van der Waals surface area (Å²) in [5.41, 5.74) is 6.80. The Balaban J connectivity index is 2.03. The Bertz CT molecular complexity index is 611. The minimum atomic E-state index is -0.626. The number of halogens is 2. The van der Waals surface area contributed by atoms with E-state index in [0.717, 1.165) is 6.07 Å². The summed E-state index contributed by atoms with van der Waals surface area (Å²) in [7, 11) is 1.80. The van der Waals surface area contributed by atoms with Crippen LogP contribution in [0.5, 0.6) is 0 Å². The van der Waals surface area contributed by atoms with Gasteiger partial charge in [0.2, 0.25) is 5.90 Å². The zero-order chi connectivity index (χ0) is 18.1. The van der Waals surface area contributed by atoms with E-state index in [4.69, 9.17) is 10.5 Å². The summed E-state index contributed by atoms with van der Waals surface area (Å²) in [5, 5.41) is 2.96. The second-order valence-electron chi connectivity index (χ2n) is 6.46. The van der Waals surface area contributed by atoms with Gasteiger partial charge in [-0.25, -0.2) is 8.78 Å². The zero-order valence-electron chi connectivity index (χ0n) is 14.7. The zero-order valence-corrected chi connectivity index (χ0v) is 14.7. The van der Waals surface area contributed by atoms with Crippen LogP contribution in [-0.2, 0) is 11.3 Å². The van der Waals surface area contributed by atoms with Gasteiger partial charge in [0.15, 0.2) is 0 Å². The third kappa shape index (κ3) is 6.82. The molecule has 3 N–H and O–H groups in total. The predicted molar refractivity (Wildman–Crippen MR) is 96.2 cm³/mol. The lowest BCUT2D eigenvalue weighted by Crippen LogP contribution is -2.19. The number of rotatable bonds is 7. The van der Waals surface area contributed by atoms with E-state index >= 15 is 0 Å². The lowest BCUT2D eigenvalue weighted by Gasteiger charge is -2.19. The van der Waals surface area contributed by atoms with Crippen molar-refractivity contribution in [1.82, 2.24) is 5.32 Å². The average Bonchev–Trinajstić information content (AvgIpc) is 2.59. The highest BCUT2D eigenvalue weighted by atomic mass is 19.1. The molecule has 0 aromatic heterocycles. The highest BCUT2D eigenvalue weighted by Gasteiger charge is 2.13. The van der Waals surface area contributed by atoms with E-state index in [-0.39, 0.29) is 12.2 Å². The number of nitrogens with two attached hydrogens (primary N) is 1. The standard InChI is InChI=1S/C19H27F2N3O/c1-23-12-17(22)10-19(24-11-14-5-3-2-4-6-14)25-13-15-7-8-16(20)9-18(15)21/h7-10,14,23H,2-6,11-13,22H2,1H3. The molecule has 0 radical (unpaired) electrons. The van der Waals surface area contributed by atoms with Gasteiger partial charge in [-0.15, -0.1) is 0 Å². The molecule has 0 spiro atoms. The molecular weight excluding hydrogens is 324 g/mol. The summed E-state index contributed by atoms with van der Waals surface area (Å²) >= 11 is 0. The minimum Gasteiger partial charge on any atom is -0.473 e. The largest absolute Gasteiger partial charge is 0.473 e. The van der Waals surface area contributed by atoms with Crippen LogP contribution in [0.4, 0.5) is 8.78 Å². The predicted octanol–water partition coefficient (Wildman–Crippen LogP) is 3.52. The van der Waals surface area contributed by atoms with Gasteiger partial charge in [0.05, 0.1) is 0 Å². The molecule has 1 aliphatic rings. The van der Waals surface area contributed by atoms with E-state index in [1.807, 2.05) is 0 Å². The molecule has 1 saturated carbocycles. The number of hydrogen-bond acceptors (Lipinski definition) is 4. The lowest BCUT2D eigenvalue weighted by molar-refractivity contribution is 0.284. The third-order valence-corrected chi connectivity index (χ3v) is 4.31. The first-order valence-corrected chi connectivity index (χ1v) is 8.80. The fourth-order valence-electron chi connectivity index (χ4n) is 2.93. The molecule has 6 heteroatoms.